The van der Waals surface area contributed by atoms with Gasteiger partial charge in [-0.15, -0.1) is 6.58 Å². The van der Waals surface area contributed by atoms with Crippen molar-refractivity contribution in [1.82, 2.24) is 4.90 Å². The number of carbonyl (C=O) groups is 1. The second kappa shape index (κ2) is 8.87. The number of hydrogen-bond donors (Lipinski definition) is 0. The van der Waals surface area contributed by atoms with Crippen LogP contribution in [0.4, 0.5) is 4.39 Å². The molecule has 0 saturated carbocycles. The van der Waals surface area contributed by atoms with Gasteiger partial charge in [0.25, 0.3) is 5.91 Å². The van der Waals surface area contributed by atoms with E-state index in [1.54, 1.807) is 62.6 Å². The molecule has 0 aliphatic rings. The Morgan fingerprint density at radius 3 is 2.44 bits per heavy atom. The van der Waals surface area contributed by atoms with E-state index in [-0.39, 0.29) is 18.3 Å². The van der Waals surface area contributed by atoms with E-state index in [4.69, 9.17) is 9.47 Å². The quantitative estimate of drug-likeness (QED) is 0.684. The number of carbonyl (C=O) groups excluding carboxylic acids is 1. The van der Waals surface area contributed by atoms with Crippen LogP contribution in [0.1, 0.15) is 12.5 Å². The van der Waals surface area contributed by atoms with Gasteiger partial charge in [-0.25, -0.2) is 4.39 Å². The van der Waals surface area contributed by atoms with Gasteiger partial charge in [0, 0.05) is 18.7 Å². The van der Waals surface area contributed by atoms with Crippen molar-refractivity contribution in [2.75, 3.05) is 13.7 Å². The first-order valence-electron chi connectivity index (χ1n) is 7.99. The van der Waals surface area contributed by atoms with Gasteiger partial charge < -0.3 is 14.4 Å². The largest absolute Gasteiger partial charge is 0.497 e. The van der Waals surface area contributed by atoms with Gasteiger partial charge in [0.1, 0.15) is 17.3 Å². The topological polar surface area (TPSA) is 38.8 Å². The summed E-state index contributed by atoms with van der Waals surface area (Å²) in [7, 11) is 1.58. The minimum Gasteiger partial charge on any atom is -0.497 e. The minimum absolute atomic E-state index is 0.161. The van der Waals surface area contributed by atoms with E-state index in [1.165, 1.54) is 11.0 Å². The van der Waals surface area contributed by atoms with Crippen LogP contribution in [0.25, 0.3) is 0 Å². The summed E-state index contributed by atoms with van der Waals surface area (Å²) >= 11 is 0. The molecule has 0 aliphatic carbocycles. The van der Waals surface area contributed by atoms with Crippen LogP contribution in [0.3, 0.4) is 0 Å². The van der Waals surface area contributed by atoms with Crippen LogP contribution in [-0.4, -0.2) is 30.6 Å². The highest BCUT2D eigenvalue weighted by atomic mass is 19.1. The Morgan fingerprint density at radius 1 is 1.20 bits per heavy atom. The first kappa shape index (κ1) is 18.5. The van der Waals surface area contributed by atoms with Gasteiger partial charge in [-0.1, -0.05) is 24.3 Å². The van der Waals surface area contributed by atoms with Crippen molar-refractivity contribution in [2.45, 2.75) is 19.6 Å². The third-order valence-electron chi connectivity index (χ3n) is 3.70. The minimum atomic E-state index is -0.708. The predicted octanol–water partition coefficient (Wildman–Crippen LogP) is 3.82. The van der Waals surface area contributed by atoms with Crippen LogP contribution in [0.15, 0.2) is 61.2 Å². The molecule has 0 aliphatic heterocycles. The monoisotopic (exact) mass is 343 g/mol. The van der Waals surface area contributed by atoms with Crippen LogP contribution in [0.2, 0.25) is 0 Å². The molecule has 132 valence electrons. The number of nitrogens with zero attached hydrogens (tertiary/aromatic N) is 1. The summed E-state index contributed by atoms with van der Waals surface area (Å²) in [5, 5.41) is 0. The Hall–Kier alpha value is -2.82. The van der Waals surface area contributed by atoms with E-state index in [0.717, 1.165) is 0 Å². The molecule has 0 radical (unpaired) electrons. The first-order chi connectivity index (χ1) is 12.0. The Labute approximate surface area is 147 Å². The molecule has 0 saturated heterocycles. The predicted molar refractivity (Wildman–Crippen MR) is 95.1 cm³/mol. The fourth-order valence-electron chi connectivity index (χ4n) is 2.39. The summed E-state index contributed by atoms with van der Waals surface area (Å²) in [5.41, 5.74) is 0.453. The molecule has 1 unspecified atom stereocenters. The Kier molecular flexibility index (Phi) is 6.57. The van der Waals surface area contributed by atoms with Crippen LogP contribution in [0.5, 0.6) is 11.5 Å². The summed E-state index contributed by atoms with van der Waals surface area (Å²) in [5.74, 6) is 0.692. The normalized spacial score (nSPS) is 11.5. The van der Waals surface area contributed by atoms with E-state index in [1.807, 2.05) is 0 Å². The van der Waals surface area contributed by atoms with Crippen molar-refractivity contribution in [2.24, 2.45) is 0 Å². The molecule has 0 fully saturated rings. The molecule has 0 heterocycles. The average molecular weight is 343 g/mol. The zero-order valence-electron chi connectivity index (χ0n) is 14.4. The third kappa shape index (κ3) is 5.08. The number of rotatable bonds is 8. The lowest BCUT2D eigenvalue weighted by Crippen LogP contribution is -2.40. The fourth-order valence-corrected chi connectivity index (χ4v) is 2.39. The Morgan fingerprint density at radius 2 is 1.84 bits per heavy atom. The third-order valence-corrected chi connectivity index (χ3v) is 3.70. The van der Waals surface area contributed by atoms with Crippen LogP contribution < -0.4 is 9.47 Å². The Balaban J connectivity index is 2.07. The van der Waals surface area contributed by atoms with Gasteiger partial charge in [-0.3, -0.25) is 4.79 Å². The maximum absolute atomic E-state index is 13.9. The SMILES string of the molecule is C=CCN(Cc1ccccc1F)C(=O)C(C)Oc1ccc(OC)cc1. The average Bonchev–Trinajstić information content (AvgIpc) is 2.63. The Bertz CT molecular complexity index is 715. The van der Waals surface area contributed by atoms with Crippen LogP contribution >= 0.6 is 0 Å². The molecular weight excluding hydrogens is 321 g/mol. The van der Waals surface area contributed by atoms with Gasteiger partial charge in [0.05, 0.1) is 7.11 Å². The second-order valence-corrected chi connectivity index (χ2v) is 5.53. The summed E-state index contributed by atoms with van der Waals surface area (Å²) < 4.78 is 24.7. The number of ether oxygens (including phenoxy) is 2. The number of amides is 1. The number of methoxy groups -OCH3 is 1. The highest BCUT2D eigenvalue weighted by Gasteiger charge is 2.22. The summed E-state index contributed by atoms with van der Waals surface area (Å²) in [6.07, 6.45) is 0.902. The molecule has 0 spiro atoms. The zero-order chi connectivity index (χ0) is 18.2. The van der Waals surface area contributed by atoms with Crippen molar-refractivity contribution in [1.29, 1.82) is 0 Å². The molecule has 5 heteroatoms. The van der Waals surface area contributed by atoms with Crippen molar-refractivity contribution >= 4 is 5.91 Å². The zero-order valence-corrected chi connectivity index (χ0v) is 14.4. The van der Waals surface area contributed by atoms with E-state index >= 15 is 0 Å². The number of halogens is 1. The molecule has 1 atom stereocenters. The van der Waals surface area contributed by atoms with Gasteiger partial charge in [0.2, 0.25) is 0 Å². The highest BCUT2D eigenvalue weighted by Crippen LogP contribution is 2.19. The van der Waals surface area contributed by atoms with Gasteiger partial charge in [0.15, 0.2) is 6.10 Å². The summed E-state index contributed by atoms with van der Waals surface area (Å²) in [6, 6.07) is 13.4. The van der Waals surface area contributed by atoms with Crippen molar-refractivity contribution in [3.8, 4) is 11.5 Å². The molecule has 2 rings (SSSR count). The molecular formula is C20H22FNO3. The molecule has 0 aromatic heterocycles. The lowest BCUT2D eigenvalue weighted by atomic mass is 10.2. The van der Waals surface area contributed by atoms with Gasteiger partial charge >= 0.3 is 0 Å². The molecule has 4 nitrogen and oxygen atoms in total. The molecule has 2 aromatic rings. The van der Waals surface area contributed by atoms with Crippen LogP contribution in [-0.2, 0) is 11.3 Å². The standard InChI is InChI=1S/C20H22FNO3/c1-4-13-22(14-16-7-5-6-8-19(16)21)20(23)15(2)25-18-11-9-17(24-3)10-12-18/h4-12,15H,1,13-14H2,2-3H3. The fraction of sp³-hybridized carbons (Fsp3) is 0.250. The second-order valence-electron chi connectivity index (χ2n) is 5.53. The molecule has 2 aromatic carbocycles. The van der Waals surface area contributed by atoms with Crippen molar-refractivity contribution < 1.29 is 18.7 Å². The maximum Gasteiger partial charge on any atom is 0.263 e. The van der Waals surface area contributed by atoms with Crippen molar-refractivity contribution in [3.05, 3.63) is 72.6 Å². The molecule has 0 N–H and O–H groups in total. The lowest BCUT2D eigenvalue weighted by Gasteiger charge is -2.25. The van der Waals surface area contributed by atoms with E-state index in [0.29, 0.717) is 23.6 Å². The summed E-state index contributed by atoms with van der Waals surface area (Å²) in [6.45, 7) is 5.81. The van der Waals surface area contributed by atoms with Gasteiger partial charge in [-0.05, 0) is 37.3 Å². The first-order valence-corrected chi connectivity index (χ1v) is 7.99. The number of benzene rings is 2. The molecule has 1 amide bonds. The van der Waals surface area contributed by atoms with Gasteiger partial charge in [-0.2, -0.15) is 0 Å². The van der Waals surface area contributed by atoms with E-state index < -0.39 is 6.10 Å². The smallest absolute Gasteiger partial charge is 0.263 e. The van der Waals surface area contributed by atoms with Crippen molar-refractivity contribution in [3.63, 3.8) is 0 Å². The van der Waals surface area contributed by atoms with Crippen LogP contribution in [0, 0.1) is 5.82 Å². The maximum atomic E-state index is 13.9. The van der Waals surface area contributed by atoms with E-state index in [2.05, 4.69) is 6.58 Å². The number of hydrogen-bond acceptors (Lipinski definition) is 3. The van der Waals surface area contributed by atoms with E-state index in [9.17, 15) is 9.18 Å². The molecule has 25 heavy (non-hydrogen) atoms. The highest BCUT2D eigenvalue weighted by molar-refractivity contribution is 5.81. The molecule has 0 bridgehead atoms. The summed E-state index contributed by atoms with van der Waals surface area (Å²) in [4.78, 5) is 14.2. The lowest BCUT2D eigenvalue weighted by molar-refractivity contribution is -0.138.